The van der Waals surface area contributed by atoms with Gasteiger partial charge in [-0.2, -0.15) is 0 Å². The van der Waals surface area contributed by atoms with Gasteiger partial charge in [0.05, 0.1) is 12.9 Å². The molecule has 2 aromatic heterocycles. The summed E-state index contributed by atoms with van der Waals surface area (Å²) < 4.78 is 7.31. The molecule has 0 aliphatic heterocycles. The SMILES string of the molecule is COc1ccccc1CCNC(=O)CSc1nnc(-c2cccnc2)n1-c1ccccc1. The van der Waals surface area contributed by atoms with Gasteiger partial charge in [0, 0.05) is 30.2 Å². The van der Waals surface area contributed by atoms with Gasteiger partial charge in [0.15, 0.2) is 11.0 Å². The van der Waals surface area contributed by atoms with Gasteiger partial charge in [-0.15, -0.1) is 10.2 Å². The summed E-state index contributed by atoms with van der Waals surface area (Å²) in [6.45, 7) is 0.534. The molecule has 32 heavy (non-hydrogen) atoms. The van der Waals surface area contributed by atoms with Gasteiger partial charge in [0.1, 0.15) is 5.75 Å². The van der Waals surface area contributed by atoms with E-state index in [1.807, 2.05) is 71.3 Å². The van der Waals surface area contributed by atoms with E-state index >= 15 is 0 Å². The lowest BCUT2D eigenvalue weighted by Crippen LogP contribution is -2.27. The van der Waals surface area contributed by atoms with Crippen molar-refractivity contribution in [3.63, 3.8) is 0 Å². The first kappa shape index (κ1) is 21.6. The fourth-order valence-electron chi connectivity index (χ4n) is 3.28. The molecular formula is C24H23N5O2S. The highest BCUT2D eigenvalue weighted by atomic mass is 32.2. The predicted molar refractivity (Wildman–Crippen MR) is 125 cm³/mol. The molecule has 2 aromatic carbocycles. The zero-order valence-corrected chi connectivity index (χ0v) is 18.5. The van der Waals surface area contributed by atoms with E-state index < -0.39 is 0 Å². The highest BCUT2D eigenvalue weighted by molar-refractivity contribution is 7.99. The first-order valence-electron chi connectivity index (χ1n) is 10.2. The fourth-order valence-corrected chi connectivity index (χ4v) is 4.06. The van der Waals surface area contributed by atoms with Crippen LogP contribution in [0.25, 0.3) is 17.1 Å². The van der Waals surface area contributed by atoms with Gasteiger partial charge >= 0.3 is 0 Å². The third-order valence-corrected chi connectivity index (χ3v) is 5.74. The van der Waals surface area contributed by atoms with Crippen molar-refractivity contribution in [1.82, 2.24) is 25.1 Å². The molecule has 0 fully saturated rings. The molecule has 2 heterocycles. The van der Waals surface area contributed by atoms with Crippen LogP contribution in [0.1, 0.15) is 5.56 Å². The lowest BCUT2D eigenvalue weighted by atomic mass is 10.1. The summed E-state index contributed by atoms with van der Waals surface area (Å²) in [6.07, 6.45) is 4.17. The number of methoxy groups -OCH3 is 1. The first-order valence-corrected chi connectivity index (χ1v) is 11.2. The molecule has 4 aromatic rings. The standard InChI is InChI=1S/C24H23N5O2S/c1-31-21-12-6-5-8-18(21)13-15-26-22(30)17-32-24-28-27-23(19-9-7-14-25-16-19)29(24)20-10-3-2-4-11-20/h2-12,14,16H,13,15,17H2,1H3,(H,26,30). The predicted octanol–water partition coefficient (Wildman–Crippen LogP) is 3.79. The third-order valence-electron chi connectivity index (χ3n) is 4.81. The van der Waals surface area contributed by atoms with Crippen molar-refractivity contribution < 1.29 is 9.53 Å². The van der Waals surface area contributed by atoms with E-state index in [-0.39, 0.29) is 11.7 Å². The van der Waals surface area contributed by atoms with E-state index in [1.54, 1.807) is 19.5 Å². The van der Waals surface area contributed by atoms with Crippen LogP contribution in [0, 0.1) is 0 Å². The number of carbonyl (C=O) groups is 1. The van der Waals surface area contributed by atoms with Crippen molar-refractivity contribution in [3.8, 4) is 22.8 Å². The van der Waals surface area contributed by atoms with E-state index in [0.29, 0.717) is 23.9 Å². The summed E-state index contributed by atoms with van der Waals surface area (Å²) in [5.74, 6) is 1.69. The Labute approximate surface area is 190 Å². The van der Waals surface area contributed by atoms with E-state index in [4.69, 9.17) is 4.74 Å². The maximum Gasteiger partial charge on any atom is 0.230 e. The Bertz CT molecular complexity index is 1170. The van der Waals surface area contributed by atoms with E-state index in [1.165, 1.54) is 11.8 Å². The molecule has 0 unspecified atom stereocenters. The summed E-state index contributed by atoms with van der Waals surface area (Å²) in [4.78, 5) is 16.6. The zero-order chi connectivity index (χ0) is 22.2. The van der Waals surface area contributed by atoms with E-state index in [9.17, 15) is 4.79 Å². The fraction of sp³-hybridized carbons (Fsp3) is 0.167. The molecular weight excluding hydrogens is 422 g/mol. The lowest BCUT2D eigenvalue weighted by molar-refractivity contribution is -0.118. The number of thioether (sulfide) groups is 1. The number of hydrogen-bond donors (Lipinski definition) is 1. The van der Waals surface area contributed by atoms with Crippen molar-refractivity contribution in [3.05, 3.63) is 84.7 Å². The monoisotopic (exact) mass is 445 g/mol. The van der Waals surface area contributed by atoms with Crippen LogP contribution in [-0.2, 0) is 11.2 Å². The summed E-state index contributed by atoms with van der Waals surface area (Å²) >= 11 is 1.35. The van der Waals surface area contributed by atoms with Crippen LogP contribution < -0.4 is 10.1 Å². The number of nitrogens with one attached hydrogen (secondary N) is 1. The molecule has 0 aliphatic rings. The van der Waals surface area contributed by atoms with Gasteiger partial charge < -0.3 is 10.1 Å². The average Bonchev–Trinajstić information content (AvgIpc) is 3.28. The van der Waals surface area contributed by atoms with Gasteiger partial charge in [-0.05, 0) is 42.3 Å². The van der Waals surface area contributed by atoms with E-state index in [2.05, 4.69) is 20.5 Å². The number of aromatic nitrogens is 4. The van der Waals surface area contributed by atoms with Crippen LogP contribution >= 0.6 is 11.8 Å². The van der Waals surface area contributed by atoms with Crippen molar-refractivity contribution >= 4 is 17.7 Å². The van der Waals surface area contributed by atoms with Crippen LogP contribution in [-0.4, -0.2) is 45.1 Å². The minimum Gasteiger partial charge on any atom is -0.496 e. The first-order chi connectivity index (χ1) is 15.8. The smallest absolute Gasteiger partial charge is 0.230 e. The molecule has 0 saturated heterocycles. The summed E-state index contributed by atoms with van der Waals surface area (Å²) in [7, 11) is 1.65. The van der Waals surface area contributed by atoms with Crippen LogP contribution in [0.4, 0.5) is 0 Å². The number of hydrogen-bond acceptors (Lipinski definition) is 6. The second kappa shape index (κ2) is 10.6. The molecule has 1 amide bonds. The third kappa shape index (κ3) is 5.15. The Kier molecular flexibility index (Phi) is 7.14. The van der Waals surface area contributed by atoms with E-state index in [0.717, 1.165) is 22.6 Å². The number of benzene rings is 2. The second-order valence-electron chi connectivity index (χ2n) is 6.92. The molecule has 8 heteroatoms. The Morgan fingerprint density at radius 3 is 2.62 bits per heavy atom. The maximum atomic E-state index is 12.5. The molecule has 4 rings (SSSR count). The molecule has 1 N–H and O–H groups in total. The average molecular weight is 446 g/mol. The Hall–Kier alpha value is -3.65. The van der Waals surface area contributed by atoms with Gasteiger partial charge in [0.25, 0.3) is 0 Å². The van der Waals surface area contributed by atoms with Gasteiger partial charge in [0.2, 0.25) is 5.91 Å². The minimum atomic E-state index is -0.0598. The lowest BCUT2D eigenvalue weighted by Gasteiger charge is -2.11. The van der Waals surface area contributed by atoms with Crippen molar-refractivity contribution in [2.24, 2.45) is 0 Å². The molecule has 0 saturated carbocycles. The van der Waals surface area contributed by atoms with Gasteiger partial charge in [-0.25, -0.2) is 0 Å². The van der Waals surface area contributed by atoms with Crippen LogP contribution in [0.15, 0.2) is 84.3 Å². The second-order valence-corrected chi connectivity index (χ2v) is 7.86. The quantitative estimate of drug-likeness (QED) is 0.395. The van der Waals surface area contributed by atoms with Crippen LogP contribution in [0.3, 0.4) is 0 Å². The largest absolute Gasteiger partial charge is 0.496 e. The van der Waals surface area contributed by atoms with Crippen molar-refractivity contribution in [2.75, 3.05) is 19.4 Å². The van der Waals surface area contributed by atoms with Gasteiger partial charge in [-0.3, -0.25) is 14.3 Å². The summed E-state index contributed by atoms with van der Waals surface area (Å²) in [5, 5.41) is 12.3. The molecule has 0 aliphatic carbocycles. The number of ether oxygens (including phenoxy) is 1. The number of carbonyl (C=O) groups excluding carboxylic acids is 1. The number of para-hydroxylation sites is 2. The van der Waals surface area contributed by atoms with Gasteiger partial charge in [-0.1, -0.05) is 48.2 Å². The topological polar surface area (TPSA) is 81.9 Å². The number of nitrogens with zero attached hydrogens (tertiary/aromatic N) is 4. The Balaban J connectivity index is 1.43. The van der Waals surface area contributed by atoms with Crippen LogP contribution in [0.5, 0.6) is 5.75 Å². The maximum absolute atomic E-state index is 12.5. The number of rotatable bonds is 9. The Morgan fingerprint density at radius 2 is 1.84 bits per heavy atom. The molecule has 7 nitrogen and oxygen atoms in total. The number of pyridine rings is 1. The summed E-state index contributed by atoms with van der Waals surface area (Å²) in [5.41, 5.74) is 2.85. The highest BCUT2D eigenvalue weighted by Gasteiger charge is 2.17. The zero-order valence-electron chi connectivity index (χ0n) is 17.6. The molecule has 0 spiro atoms. The molecule has 0 bridgehead atoms. The Morgan fingerprint density at radius 1 is 1.03 bits per heavy atom. The van der Waals surface area contributed by atoms with Crippen molar-refractivity contribution in [1.29, 1.82) is 0 Å². The number of amides is 1. The normalized spacial score (nSPS) is 10.7. The highest BCUT2D eigenvalue weighted by Crippen LogP contribution is 2.27. The minimum absolute atomic E-state index is 0.0598. The van der Waals surface area contributed by atoms with Crippen LogP contribution in [0.2, 0.25) is 0 Å². The summed E-state index contributed by atoms with van der Waals surface area (Å²) in [6, 6.07) is 21.5. The molecule has 0 atom stereocenters. The molecule has 162 valence electrons. The van der Waals surface area contributed by atoms with Crippen molar-refractivity contribution in [2.45, 2.75) is 11.6 Å². The molecule has 0 radical (unpaired) electrons.